The molecule has 2 heterocycles. The number of ether oxygens (including phenoxy) is 3. The lowest BCUT2D eigenvalue weighted by molar-refractivity contribution is -0.116. The van der Waals surface area contributed by atoms with E-state index in [9.17, 15) is 9.59 Å². The zero-order valence-corrected chi connectivity index (χ0v) is 16.8. The van der Waals surface area contributed by atoms with E-state index in [-0.39, 0.29) is 23.7 Å². The average Bonchev–Trinajstić information content (AvgIpc) is 2.77. The maximum atomic E-state index is 13.1. The van der Waals surface area contributed by atoms with Crippen molar-refractivity contribution in [3.05, 3.63) is 63.9 Å². The van der Waals surface area contributed by atoms with Crippen molar-refractivity contribution in [3.8, 4) is 28.6 Å². The standard InChI is InChI=1S/C22H21N3O5/c1-28-15-10-9-13(18(29-2)19(15)30-3)14-11-16(26)23-21-17(14)22(27)25-20(24-21)12-7-5-4-6-8-12/h4-10,14H,11H2,1-3H3,(H2,23,24,25,26,27)/t14-/m1/s1. The predicted molar refractivity (Wildman–Crippen MR) is 111 cm³/mol. The number of rotatable bonds is 5. The first-order valence-electron chi connectivity index (χ1n) is 9.35. The minimum absolute atomic E-state index is 0.0777. The molecular formula is C22H21N3O5. The minimum Gasteiger partial charge on any atom is -0.493 e. The summed E-state index contributed by atoms with van der Waals surface area (Å²) in [4.78, 5) is 32.9. The molecule has 0 saturated heterocycles. The second-order valence-corrected chi connectivity index (χ2v) is 6.77. The molecule has 2 aromatic carbocycles. The van der Waals surface area contributed by atoms with Gasteiger partial charge >= 0.3 is 0 Å². The van der Waals surface area contributed by atoms with Crippen LogP contribution in [0, 0.1) is 0 Å². The number of aromatic amines is 1. The Bertz CT molecular complexity index is 1160. The second-order valence-electron chi connectivity index (χ2n) is 6.77. The van der Waals surface area contributed by atoms with E-state index in [1.54, 1.807) is 12.1 Å². The van der Waals surface area contributed by atoms with Crippen LogP contribution in [0.1, 0.15) is 23.5 Å². The minimum atomic E-state index is -0.551. The first-order chi connectivity index (χ1) is 14.6. The number of H-pyrrole nitrogens is 1. The summed E-state index contributed by atoms with van der Waals surface area (Å²) in [6, 6.07) is 12.8. The number of nitrogens with zero attached hydrogens (tertiary/aromatic N) is 1. The summed E-state index contributed by atoms with van der Waals surface area (Å²) in [6.45, 7) is 0. The third-order valence-corrected chi connectivity index (χ3v) is 5.11. The number of methoxy groups -OCH3 is 3. The highest BCUT2D eigenvalue weighted by Crippen LogP contribution is 2.46. The van der Waals surface area contributed by atoms with Crippen molar-refractivity contribution >= 4 is 11.7 Å². The molecular weight excluding hydrogens is 386 g/mol. The van der Waals surface area contributed by atoms with E-state index in [2.05, 4.69) is 15.3 Å². The van der Waals surface area contributed by atoms with Crippen molar-refractivity contribution in [2.45, 2.75) is 12.3 Å². The summed E-state index contributed by atoms with van der Waals surface area (Å²) in [6.07, 6.45) is 0.0777. The summed E-state index contributed by atoms with van der Waals surface area (Å²) < 4.78 is 16.4. The third kappa shape index (κ3) is 3.26. The molecule has 1 amide bonds. The summed E-state index contributed by atoms with van der Waals surface area (Å²) in [5.41, 5.74) is 1.45. The van der Waals surface area contributed by atoms with E-state index in [1.165, 1.54) is 21.3 Å². The molecule has 8 nitrogen and oxygen atoms in total. The zero-order valence-electron chi connectivity index (χ0n) is 16.8. The molecule has 30 heavy (non-hydrogen) atoms. The largest absolute Gasteiger partial charge is 0.493 e. The lowest BCUT2D eigenvalue weighted by Gasteiger charge is -2.26. The van der Waals surface area contributed by atoms with Gasteiger partial charge in [0.15, 0.2) is 11.5 Å². The fourth-order valence-corrected chi connectivity index (χ4v) is 3.77. The Morgan fingerprint density at radius 2 is 1.67 bits per heavy atom. The van der Waals surface area contributed by atoms with Gasteiger partial charge in [0.2, 0.25) is 11.7 Å². The monoisotopic (exact) mass is 407 g/mol. The van der Waals surface area contributed by atoms with Gasteiger partial charge in [-0.25, -0.2) is 4.98 Å². The molecule has 3 aromatic rings. The maximum Gasteiger partial charge on any atom is 0.257 e. The molecule has 154 valence electrons. The van der Waals surface area contributed by atoms with Crippen molar-refractivity contribution in [3.63, 3.8) is 0 Å². The zero-order chi connectivity index (χ0) is 21.3. The molecule has 0 unspecified atom stereocenters. The Morgan fingerprint density at radius 3 is 2.33 bits per heavy atom. The first kappa shape index (κ1) is 19.5. The van der Waals surface area contributed by atoms with E-state index >= 15 is 0 Å². The normalized spacial score (nSPS) is 15.2. The van der Waals surface area contributed by atoms with Gasteiger partial charge in [0, 0.05) is 23.5 Å². The number of amides is 1. The molecule has 1 aliphatic heterocycles. The number of hydrogen-bond donors (Lipinski definition) is 2. The van der Waals surface area contributed by atoms with Gasteiger partial charge in [0.05, 0.1) is 26.9 Å². The number of nitrogens with one attached hydrogen (secondary N) is 2. The molecule has 1 aromatic heterocycles. The van der Waals surface area contributed by atoms with E-state index in [1.807, 2.05) is 30.3 Å². The number of hydrogen-bond acceptors (Lipinski definition) is 6. The fraction of sp³-hybridized carbons (Fsp3) is 0.227. The van der Waals surface area contributed by atoms with Crippen molar-refractivity contribution in [1.29, 1.82) is 0 Å². The van der Waals surface area contributed by atoms with Crippen molar-refractivity contribution in [2.75, 3.05) is 26.6 Å². The Hall–Kier alpha value is -3.81. The van der Waals surface area contributed by atoms with Gasteiger partial charge in [-0.05, 0) is 6.07 Å². The summed E-state index contributed by atoms with van der Waals surface area (Å²) in [5.74, 6) is 1.15. The molecule has 0 bridgehead atoms. The van der Waals surface area contributed by atoms with Crippen LogP contribution in [-0.4, -0.2) is 37.2 Å². The number of benzene rings is 2. The van der Waals surface area contributed by atoms with Gasteiger partial charge in [0.1, 0.15) is 11.6 Å². The summed E-state index contributed by atoms with van der Waals surface area (Å²) in [5, 5.41) is 2.73. The Balaban J connectivity index is 1.90. The van der Waals surface area contributed by atoms with Crippen LogP contribution in [-0.2, 0) is 4.79 Å². The van der Waals surface area contributed by atoms with Crippen LogP contribution in [0.4, 0.5) is 5.82 Å². The number of aromatic nitrogens is 2. The van der Waals surface area contributed by atoms with Gasteiger partial charge in [-0.3, -0.25) is 9.59 Å². The molecule has 0 radical (unpaired) electrons. The number of carbonyl (C=O) groups excluding carboxylic acids is 1. The predicted octanol–water partition coefficient (Wildman–Crippen LogP) is 2.94. The van der Waals surface area contributed by atoms with Crippen molar-refractivity contribution in [1.82, 2.24) is 9.97 Å². The summed E-state index contributed by atoms with van der Waals surface area (Å²) >= 11 is 0. The molecule has 0 saturated carbocycles. The number of carbonyl (C=O) groups is 1. The van der Waals surface area contributed by atoms with Gasteiger partial charge < -0.3 is 24.5 Å². The maximum absolute atomic E-state index is 13.1. The smallest absolute Gasteiger partial charge is 0.257 e. The average molecular weight is 407 g/mol. The first-order valence-corrected chi connectivity index (χ1v) is 9.35. The number of anilines is 1. The van der Waals surface area contributed by atoms with Crippen LogP contribution in [0.3, 0.4) is 0 Å². The van der Waals surface area contributed by atoms with Crippen LogP contribution in [0.5, 0.6) is 17.2 Å². The van der Waals surface area contributed by atoms with E-state index in [0.717, 1.165) is 5.56 Å². The SMILES string of the molecule is COc1ccc([C@H]2CC(=O)Nc3nc(-c4ccccc4)[nH]c(=O)c32)c(OC)c1OC. The highest BCUT2D eigenvalue weighted by Gasteiger charge is 2.34. The van der Waals surface area contributed by atoms with E-state index < -0.39 is 5.92 Å². The van der Waals surface area contributed by atoms with Gasteiger partial charge in [0.25, 0.3) is 5.56 Å². The Morgan fingerprint density at radius 1 is 0.933 bits per heavy atom. The molecule has 1 aliphatic rings. The fourth-order valence-electron chi connectivity index (χ4n) is 3.77. The Kier molecular flexibility index (Phi) is 5.14. The highest BCUT2D eigenvalue weighted by atomic mass is 16.5. The van der Waals surface area contributed by atoms with Crippen LogP contribution in [0.25, 0.3) is 11.4 Å². The molecule has 8 heteroatoms. The van der Waals surface area contributed by atoms with Crippen molar-refractivity contribution in [2.24, 2.45) is 0 Å². The van der Waals surface area contributed by atoms with Crippen molar-refractivity contribution < 1.29 is 19.0 Å². The molecule has 0 aliphatic carbocycles. The lowest BCUT2D eigenvalue weighted by Crippen LogP contribution is -2.31. The topological polar surface area (TPSA) is 103 Å². The second kappa shape index (κ2) is 7.90. The Labute approximate surface area is 172 Å². The third-order valence-electron chi connectivity index (χ3n) is 5.11. The van der Waals surface area contributed by atoms with Gasteiger partial charge in [-0.2, -0.15) is 0 Å². The molecule has 4 rings (SSSR count). The highest BCUT2D eigenvalue weighted by molar-refractivity contribution is 5.94. The molecule has 0 spiro atoms. The van der Waals surface area contributed by atoms with Crippen LogP contribution >= 0.6 is 0 Å². The van der Waals surface area contributed by atoms with E-state index in [0.29, 0.717) is 34.2 Å². The van der Waals surface area contributed by atoms with Crippen LogP contribution < -0.4 is 25.1 Å². The molecule has 2 N–H and O–H groups in total. The quantitative estimate of drug-likeness (QED) is 0.674. The van der Waals surface area contributed by atoms with Gasteiger partial charge in [-0.15, -0.1) is 0 Å². The van der Waals surface area contributed by atoms with Crippen LogP contribution in [0.2, 0.25) is 0 Å². The summed E-state index contributed by atoms with van der Waals surface area (Å²) in [7, 11) is 4.54. The molecule has 0 fully saturated rings. The lowest BCUT2D eigenvalue weighted by atomic mass is 9.86. The molecule has 1 atom stereocenters. The van der Waals surface area contributed by atoms with Crippen LogP contribution in [0.15, 0.2) is 47.3 Å². The van der Waals surface area contributed by atoms with E-state index in [4.69, 9.17) is 14.2 Å². The number of fused-ring (bicyclic) bond motifs is 1. The van der Waals surface area contributed by atoms with Gasteiger partial charge in [-0.1, -0.05) is 36.4 Å².